The molecule has 0 fully saturated rings. The third-order valence-electron chi connectivity index (χ3n) is 5.86. The summed E-state index contributed by atoms with van der Waals surface area (Å²) in [5.74, 6) is 0.863. The lowest BCUT2D eigenvalue weighted by atomic mass is 9.95. The van der Waals surface area contributed by atoms with E-state index in [-0.39, 0.29) is 17.5 Å². The molecule has 1 N–H and O–H groups in total. The minimum atomic E-state index is -0.711. The Morgan fingerprint density at radius 3 is 2.66 bits per heavy atom. The number of benzene rings is 1. The van der Waals surface area contributed by atoms with Crippen molar-refractivity contribution in [2.24, 2.45) is 5.92 Å². The lowest BCUT2D eigenvalue weighted by Crippen LogP contribution is -2.46. The highest BCUT2D eigenvalue weighted by atomic mass is 16.5. The first kappa shape index (κ1) is 21.7. The third-order valence-corrected chi connectivity index (χ3v) is 5.86. The van der Waals surface area contributed by atoms with Crippen molar-refractivity contribution in [2.45, 2.75) is 52.2 Å². The second-order valence-corrected chi connectivity index (χ2v) is 8.41. The topological polar surface area (TPSA) is 115 Å². The van der Waals surface area contributed by atoms with E-state index >= 15 is 0 Å². The van der Waals surface area contributed by atoms with Gasteiger partial charge in [0.05, 0.1) is 19.3 Å². The normalized spacial score (nSPS) is 15.6. The number of ether oxygens (including phenoxy) is 2. The van der Waals surface area contributed by atoms with E-state index in [1.54, 1.807) is 0 Å². The van der Waals surface area contributed by atoms with Crippen molar-refractivity contribution < 1.29 is 14.3 Å². The maximum absolute atomic E-state index is 12.9. The highest BCUT2D eigenvalue weighted by Crippen LogP contribution is 2.34. The van der Waals surface area contributed by atoms with Crippen molar-refractivity contribution in [3.05, 3.63) is 55.9 Å². The number of carbonyl (C=O) groups excluding carboxylic acids is 1. The van der Waals surface area contributed by atoms with Gasteiger partial charge in [0.15, 0.2) is 11.5 Å². The average molecular weight is 438 g/mol. The summed E-state index contributed by atoms with van der Waals surface area (Å²) in [7, 11) is 0. The van der Waals surface area contributed by atoms with Crippen LogP contribution in [0, 0.1) is 17.2 Å². The number of nitriles is 1. The zero-order valence-corrected chi connectivity index (χ0v) is 18.2. The van der Waals surface area contributed by atoms with E-state index in [1.165, 1.54) is 4.57 Å². The summed E-state index contributed by atoms with van der Waals surface area (Å²) < 4.78 is 13.7. The molecule has 0 aliphatic carbocycles. The van der Waals surface area contributed by atoms with Gasteiger partial charge in [-0.25, -0.2) is 9.36 Å². The molecule has 1 atom stereocenters. The number of nitrogens with zero attached hydrogens (tertiary/aromatic N) is 3. The number of hydrogen-bond donors (Lipinski definition) is 1. The van der Waals surface area contributed by atoms with E-state index in [4.69, 9.17) is 9.47 Å². The molecule has 0 saturated heterocycles. The molecule has 1 aromatic carbocycles. The van der Waals surface area contributed by atoms with Gasteiger partial charge in [0.1, 0.15) is 18.2 Å². The van der Waals surface area contributed by atoms with Gasteiger partial charge >= 0.3 is 5.69 Å². The van der Waals surface area contributed by atoms with Crippen LogP contribution in [-0.4, -0.2) is 28.3 Å². The fraction of sp³-hybridized carbons (Fsp3) is 0.478. The number of rotatable bonds is 5. The van der Waals surface area contributed by atoms with E-state index in [0.717, 1.165) is 16.6 Å². The number of amides is 1. The largest absolute Gasteiger partial charge is 0.490 e. The Balaban J connectivity index is 1.60. The Morgan fingerprint density at radius 2 is 1.94 bits per heavy atom. The fourth-order valence-corrected chi connectivity index (χ4v) is 4.26. The quantitative estimate of drug-likeness (QED) is 0.757. The number of carbonyl (C=O) groups is 1. The van der Waals surface area contributed by atoms with Gasteiger partial charge in [0.2, 0.25) is 5.91 Å². The number of aromatic nitrogens is 2. The van der Waals surface area contributed by atoms with Crippen LogP contribution in [0.2, 0.25) is 0 Å². The van der Waals surface area contributed by atoms with Gasteiger partial charge in [-0.05, 0) is 36.5 Å². The van der Waals surface area contributed by atoms with Gasteiger partial charge in [0, 0.05) is 18.7 Å². The Morgan fingerprint density at radius 1 is 1.19 bits per heavy atom. The number of fused-ring (bicyclic) bond motifs is 2. The van der Waals surface area contributed by atoms with Crippen LogP contribution >= 0.6 is 0 Å². The monoisotopic (exact) mass is 438 g/mol. The van der Waals surface area contributed by atoms with E-state index in [9.17, 15) is 19.6 Å². The van der Waals surface area contributed by atoms with Crippen molar-refractivity contribution in [1.29, 1.82) is 5.26 Å². The van der Waals surface area contributed by atoms with Crippen LogP contribution in [0.3, 0.4) is 0 Å². The van der Waals surface area contributed by atoms with Gasteiger partial charge in [-0.1, -0.05) is 19.9 Å². The van der Waals surface area contributed by atoms with Gasteiger partial charge in [-0.15, -0.1) is 0 Å². The molecule has 2 aliphatic rings. The first-order valence-corrected chi connectivity index (χ1v) is 10.9. The Labute approximate surface area is 185 Å². The van der Waals surface area contributed by atoms with Crippen LogP contribution in [0.4, 0.5) is 0 Å². The molecule has 168 valence electrons. The van der Waals surface area contributed by atoms with Gasteiger partial charge in [-0.3, -0.25) is 14.2 Å². The van der Waals surface area contributed by atoms with Crippen molar-refractivity contribution in [3.8, 4) is 17.6 Å². The molecule has 1 aromatic heterocycles. The van der Waals surface area contributed by atoms with E-state index in [2.05, 4.69) is 5.32 Å². The molecule has 3 heterocycles. The van der Waals surface area contributed by atoms with Crippen LogP contribution in [0.15, 0.2) is 27.8 Å². The zero-order chi connectivity index (χ0) is 22.8. The summed E-state index contributed by atoms with van der Waals surface area (Å²) in [6, 6.07) is 7.11. The lowest BCUT2D eigenvalue weighted by Gasteiger charge is -2.24. The van der Waals surface area contributed by atoms with Crippen LogP contribution in [0.5, 0.6) is 11.5 Å². The fourth-order valence-electron chi connectivity index (χ4n) is 4.26. The summed E-state index contributed by atoms with van der Waals surface area (Å²) in [5, 5.41) is 12.4. The van der Waals surface area contributed by atoms with Crippen LogP contribution in [-0.2, 0) is 24.3 Å². The van der Waals surface area contributed by atoms with Crippen molar-refractivity contribution in [1.82, 2.24) is 14.5 Å². The van der Waals surface area contributed by atoms with E-state index in [1.807, 2.05) is 38.1 Å². The summed E-state index contributed by atoms with van der Waals surface area (Å²) in [6.45, 7) is 5.08. The molecular formula is C23H26N4O5. The molecule has 0 unspecified atom stereocenters. The van der Waals surface area contributed by atoms with Crippen molar-refractivity contribution in [2.75, 3.05) is 13.2 Å². The van der Waals surface area contributed by atoms with Crippen molar-refractivity contribution in [3.63, 3.8) is 0 Å². The molecular weight excluding hydrogens is 412 g/mol. The molecule has 32 heavy (non-hydrogen) atoms. The lowest BCUT2D eigenvalue weighted by molar-refractivity contribution is -0.122. The minimum absolute atomic E-state index is 0.0382. The van der Waals surface area contributed by atoms with E-state index < -0.39 is 23.7 Å². The second-order valence-electron chi connectivity index (χ2n) is 8.41. The van der Waals surface area contributed by atoms with Gasteiger partial charge in [0.25, 0.3) is 5.56 Å². The Bertz CT molecular complexity index is 1200. The smallest absolute Gasteiger partial charge is 0.331 e. The van der Waals surface area contributed by atoms with Crippen molar-refractivity contribution >= 4 is 5.91 Å². The summed E-state index contributed by atoms with van der Waals surface area (Å²) in [6.07, 6.45) is 2.00. The first-order chi connectivity index (χ1) is 15.4. The van der Waals surface area contributed by atoms with Crippen LogP contribution in [0.25, 0.3) is 0 Å². The zero-order valence-electron chi connectivity index (χ0n) is 18.2. The molecule has 0 bridgehead atoms. The standard InChI is InChI=1S/C23H26N4O5/c1-14(2)21(15-6-7-18-19(11-15)32-10-4-9-31-18)25-20(28)13-27-22(29)16(12-24)17-5-3-8-26(17)23(27)30/h6-7,11,14,21H,3-5,8-10,13H2,1-2H3,(H,25,28)/t21-/m1/s1. The summed E-state index contributed by atoms with van der Waals surface area (Å²) in [4.78, 5) is 38.4. The second kappa shape index (κ2) is 8.91. The van der Waals surface area contributed by atoms with E-state index in [0.29, 0.717) is 49.8 Å². The molecule has 0 saturated carbocycles. The van der Waals surface area contributed by atoms with Crippen LogP contribution < -0.4 is 26.0 Å². The molecule has 0 radical (unpaired) electrons. The molecule has 0 spiro atoms. The molecule has 4 rings (SSSR count). The third kappa shape index (κ3) is 4.00. The predicted molar refractivity (Wildman–Crippen MR) is 116 cm³/mol. The minimum Gasteiger partial charge on any atom is -0.490 e. The number of hydrogen-bond acceptors (Lipinski definition) is 6. The molecule has 2 aromatic rings. The highest BCUT2D eigenvalue weighted by Gasteiger charge is 2.25. The van der Waals surface area contributed by atoms with Crippen LogP contribution in [0.1, 0.15) is 49.6 Å². The molecule has 1 amide bonds. The maximum atomic E-state index is 12.9. The predicted octanol–water partition coefficient (Wildman–Crippen LogP) is 1.50. The summed E-state index contributed by atoms with van der Waals surface area (Å²) >= 11 is 0. The maximum Gasteiger partial charge on any atom is 0.331 e. The Hall–Kier alpha value is -3.54. The summed E-state index contributed by atoms with van der Waals surface area (Å²) in [5.41, 5.74) is -0.0104. The molecule has 2 aliphatic heterocycles. The number of nitrogens with one attached hydrogen (secondary N) is 1. The molecule has 9 heteroatoms. The first-order valence-electron chi connectivity index (χ1n) is 10.9. The van der Waals surface area contributed by atoms with Gasteiger partial charge in [-0.2, -0.15) is 5.26 Å². The average Bonchev–Trinajstić information content (AvgIpc) is 3.13. The highest BCUT2D eigenvalue weighted by molar-refractivity contribution is 5.76. The van der Waals surface area contributed by atoms with Gasteiger partial charge < -0.3 is 14.8 Å². The molecule has 9 nitrogen and oxygen atoms in total. The SMILES string of the molecule is CC(C)[C@@H](NC(=O)Cn1c(=O)c(C#N)c2n(c1=O)CCC2)c1ccc2c(c1)OCCCO2. The Kier molecular flexibility index (Phi) is 6.04.